The fraction of sp³-hybridized carbons (Fsp3) is 0.350. The van der Waals surface area contributed by atoms with Gasteiger partial charge in [0.2, 0.25) is 5.75 Å². The zero-order chi connectivity index (χ0) is 19.8. The van der Waals surface area contributed by atoms with E-state index in [-0.39, 0.29) is 5.75 Å². The number of carbonyl (C=O) groups is 1. The Morgan fingerprint density at radius 3 is 2.04 bits per heavy atom. The normalized spacial score (nSPS) is 10.2. The molecule has 2 amide bonds. The van der Waals surface area contributed by atoms with Gasteiger partial charge >= 0.3 is 6.03 Å². The smallest absolute Gasteiger partial charge is 0.323 e. The molecule has 0 atom stereocenters. The highest BCUT2D eigenvalue weighted by Crippen LogP contribution is 2.40. The van der Waals surface area contributed by atoms with E-state index in [1.165, 1.54) is 0 Å². The van der Waals surface area contributed by atoms with Crippen LogP contribution in [0.25, 0.3) is 0 Å². The summed E-state index contributed by atoms with van der Waals surface area (Å²) in [5, 5.41) is 15.3. The number of urea groups is 1. The van der Waals surface area contributed by atoms with E-state index < -0.39 is 6.03 Å². The first kappa shape index (κ1) is 20.2. The molecule has 7 heteroatoms. The summed E-state index contributed by atoms with van der Waals surface area (Å²) in [6.07, 6.45) is 0. The molecule has 27 heavy (non-hydrogen) atoms. The third kappa shape index (κ3) is 5.44. The van der Waals surface area contributed by atoms with Crippen molar-refractivity contribution in [3.8, 4) is 23.0 Å². The summed E-state index contributed by atoms with van der Waals surface area (Å²) in [7, 11) is 0. The van der Waals surface area contributed by atoms with Gasteiger partial charge in [-0.05, 0) is 45.4 Å². The number of benzene rings is 2. The first-order chi connectivity index (χ1) is 13.0. The summed E-state index contributed by atoms with van der Waals surface area (Å²) in [4.78, 5) is 12.3. The maximum atomic E-state index is 12.3. The second-order valence-corrected chi connectivity index (χ2v) is 5.70. The van der Waals surface area contributed by atoms with Gasteiger partial charge in [-0.15, -0.1) is 0 Å². The highest BCUT2D eigenvalue weighted by atomic mass is 16.5. The van der Waals surface area contributed by atoms with Crippen LogP contribution in [0, 0.1) is 6.92 Å². The third-order valence-corrected chi connectivity index (χ3v) is 3.57. The van der Waals surface area contributed by atoms with Crippen molar-refractivity contribution in [3.63, 3.8) is 0 Å². The van der Waals surface area contributed by atoms with E-state index in [0.717, 1.165) is 5.56 Å². The van der Waals surface area contributed by atoms with Gasteiger partial charge < -0.3 is 30.0 Å². The maximum absolute atomic E-state index is 12.3. The third-order valence-electron chi connectivity index (χ3n) is 3.57. The summed E-state index contributed by atoms with van der Waals surface area (Å²) in [6, 6.07) is 7.86. The average Bonchev–Trinajstić information content (AvgIpc) is 2.61. The van der Waals surface area contributed by atoms with E-state index >= 15 is 0 Å². The number of phenols is 1. The Bertz CT molecular complexity index is 765. The molecule has 2 rings (SSSR count). The summed E-state index contributed by atoms with van der Waals surface area (Å²) >= 11 is 0. The van der Waals surface area contributed by atoms with Gasteiger partial charge in [-0.25, -0.2) is 4.79 Å². The Hall–Kier alpha value is -3.09. The molecule has 0 aliphatic carbocycles. The molecule has 0 aliphatic rings. The van der Waals surface area contributed by atoms with E-state index in [2.05, 4.69) is 10.6 Å². The van der Waals surface area contributed by atoms with Crippen molar-refractivity contribution in [2.45, 2.75) is 27.7 Å². The summed E-state index contributed by atoms with van der Waals surface area (Å²) in [5.74, 6) is 1.47. The van der Waals surface area contributed by atoms with Crippen molar-refractivity contribution in [1.29, 1.82) is 0 Å². The number of ether oxygens (including phenoxy) is 3. The predicted octanol–water partition coefficient (Wildman–Crippen LogP) is 4.54. The largest absolute Gasteiger partial charge is 0.506 e. The SMILES string of the molecule is CCOc1cc(NC(=O)Nc2ccc(C)cc2O)cc(OCC)c1OCC. The van der Waals surface area contributed by atoms with Crippen molar-refractivity contribution in [1.82, 2.24) is 0 Å². The lowest BCUT2D eigenvalue weighted by molar-refractivity contribution is 0.260. The van der Waals surface area contributed by atoms with Crippen LogP contribution >= 0.6 is 0 Å². The zero-order valence-corrected chi connectivity index (χ0v) is 16.1. The number of nitrogens with one attached hydrogen (secondary N) is 2. The molecule has 0 saturated heterocycles. The number of anilines is 2. The molecule has 0 spiro atoms. The number of carbonyl (C=O) groups excluding carboxylic acids is 1. The van der Waals surface area contributed by atoms with E-state index in [9.17, 15) is 9.90 Å². The monoisotopic (exact) mass is 374 g/mol. The van der Waals surface area contributed by atoms with Crippen LogP contribution in [-0.2, 0) is 0 Å². The van der Waals surface area contributed by atoms with Gasteiger partial charge in [0.15, 0.2) is 11.5 Å². The lowest BCUT2D eigenvalue weighted by Crippen LogP contribution is -2.19. The van der Waals surface area contributed by atoms with Crippen molar-refractivity contribution in [3.05, 3.63) is 35.9 Å². The molecule has 0 heterocycles. The van der Waals surface area contributed by atoms with Crippen molar-refractivity contribution in [2.75, 3.05) is 30.5 Å². The van der Waals surface area contributed by atoms with E-state index in [1.807, 2.05) is 27.7 Å². The van der Waals surface area contributed by atoms with Crippen molar-refractivity contribution in [2.24, 2.45) is 0 Å². The van der Waals surface area contributed by atoms with Gasteiger partial charge in [-0.2, -0.15) is 0 Å². The highest BCUT2D eigenvalue weighted by Gasteiger charge is 2.16. The first-order valence-electron chi connectivity index (χ1n) is 8.92. The summed E-state index contributed by atoms with van der Waals surface area (Å²) < 4.78 is 16.9. The lowest BCUT2D eigenvalue weighted by atomic mass is 10.2. The molecule has 0 unspecified atom stereocenters. The summed E-state index contributed by atoms with van der Waals surface area (Å²) in [5.41, 5.74) is 1.70. The van der Waals surface area contributed by atoms with Crippen LogP contribution in [0.4, 0.5) is 16.2 Å². The predicted molar refractivity (Wildman–Crippen MR) is 105 cm³/mol. The number of phenolic OH excluding ortho intramolecular Hbond substituents is 1. The molecule has 7 nitrogen and oxygen atoms in total. The molecule has 0 fully saturated rings. The minimum absolute atomic E-state index is 0.00172. The Kier molecular flexibility index (Phi) is 7.16. The van der Waals surface area contributed by atoms with Gasteiger partial charge in [0.1, 0.15) is 5.75 Å². The Morgan fingerprint density at radius 2 is 1.52 bits per heavy atom. The van der Waals surface area contributed by atoms with E-state index in [4.69, 9.17) is 14.2 Å². The topological polar surface area (TPSA) is 89.1 Å². The van der Waals surface area contributed by atoms with E-state index in [0.29, 0.717) is 48.4 Å². The maximum Gasteiger partial charge on any atom is 0.323 e. The molecule has 0 aromatic heterocycles. The highest BCUT2D eigenvalue weighted by molar-refractivity contribution is 6.01. The minimum atomic E-state index is -0.497. The van der Waals surface area contributed by atoms with Gasteiger partial charge in [0.05, 0.1) is 31.2 Å². The molecule has 146 valence electrons. The second-order valence-electron chi connectivity index (χ2n) is 5.70. The van der Waals surface area contributed by atoms with E-state index in [1.54, 1.807) is 30.3 Å². The van der Waals surface area contributed by atoms with Crippen LogP contribution in [0.1, 0.15) is 26.3 Å². The van der Waals surface area contributed by atoms with Crippen LogP contribution in [-0.4, -0.2) is 31.0 Å². The van der Waals surface area contributed by atoms with Crippen molar-refractivity contribution < 1.29 is 24.1 Å². The lowest BCUT2D eigenvalue weighted by Gasteiger charge is -2.17. The first-order valence-corrected chi connectivity index (χ1v) is 8.92. The van der Waals surface area contributed by atoms with Gasteiger partial charge in [-0.3, -0.25) is 0 Å². The molecule has 3 N–H and O–H groups in total. The van der Waals surface area contributed by atoms with Crippen LogP contribution in [0.3, 0.4) is 0 Å². The Balaban J connectivity index is 2.24. The molecule has 0 bridgehead atoms. The molecular weight excluding hydrogens is 348 g/mol. The number of hydrogen-bond acceptors (Lipinski definition) is 5. The number of rotatable bonds is 8. The number of aryl methyl sites for hydroxylation is 1. The quantitative estimate of drug-likeness (QED) is 0.590. The minimum Gasteiger partial charge on any atom is -0.506 e. The molecular formula is C20H26N2O5. The Labute approximate surface area is 159 Å². The Morgan fingerprint density at radius 1 is 0.926 bits per heavy atom. The molecule has 0 radical (unpaired) electrons. The number of amides is 2. The standard InChI is InChI=1S/C20H26N2O5/c1-5-25-17-11-14(12-18(26-6-2)19(17)27-7-3)21-20(24)22-15-9-8-13(4)10-16(15)23/h8-12,23H,5-7H2,1-4H3,(H2,21,22,24). The van der Waals surface area contributed by atoms with Crippen LogP contribution in [0.5, 0.6) is 23.0 Å². The van der Waals surface area contributed by atoms with Gasteiger partial charge in [-0.1, -0.05) is 6.07 Å². The zero-order valence-electron chi connectivity index (χ0n) is 16.1. The summed E-state index contributed by atoms with van der Waals surface area (Å²) in [6.45, 7) is 8.80. The molecule has 0 saturated carbocycles. The van der Waals surface area contributed by atoms with Crippen LogP contribution in [0.2, 0.25) is 0 Å². The second kappa shape index (κ2) is 9.56. The fourth-order valence-electron chi connectivity index (χ4n) is 2.49. The van der Waals surface area contributed by atoms with Crippen LogP contribution in [0.15, 0.2) is 30.3 Å². The fourth-order valence-corrected chi connectivity index (χ4v) is 2.49. The number of hydrogen-bond donors (Lipinski definition) is 3. The number of aromatic hydroxyl groups is 1. The van der Waals surface area contributed by atoms with Gasteiger partial charge in [0, 0.05) is 12.1 Å². The van der Waals surface area contributed by atoms with Crippen LogP contribution < -0.4 is 24.8 Å². The van der Waals surface area contributed by atoms with Gasteiger partial charge in [0.25, 0.3) is 0 Å². The molecule has 2 aromatic rings. The average molecular weight is 374 g/mol. The molecule has 2 aromatic carbocycles. The molecule has 0 aliphatic heterocycles. The van der Waals surface area contributed by atoms with Crippen molar-refractivity contribution >= 4 is 17.4 Å².